The lowest BCUT2D eigenvalue weighted by Gasteiger charge is -1.98. The monoisotopic (exact) mass is 356 g/mol. The van der Waals surface area contributed by atoms with Crippen LogP contribution in [0.4, 0.5) is 5.69 Å². The Kier molecular flexibility index (Phi) is 5.12. The Labute approximate surface area is 147 Å². The molecule has 0 amide bonds. The molecular weight excluding hydrogens is 344 g/mol. The minimum Gasteiger partial charge on any atom is -0.279 e. The van der Waals surface area contributed by atoms with Crippen LogP contribution >= 0.6 is 23.5 Å². The first-order valence-electron chi connectivity index (χ1n) is 7.05. The van der Waals surface area contributed by atoms with Crippen molar-refractivity contribution < 1.29 is 9.72 Å². The molecule has 1 aliphatic rings. The highest BCUT2D eigenvalue weighted by Crippen LogP contribution is 2.32. The molecule has 0 saturated heterocycles. The Morgan fingerprint density at radius 1 is 1.12 bits per heavy atom. The quantitative estimate of drug-likeness (QED) is 0.458. The van der Waals surface area contributed by atoms with Crippen LogP contribution in [0, 0.1) is 10.1 Å². The van der Waals surface area contributed by atoms with Gasteiger partial charge < -0.3 is 0 Å². The van der Waals surface area contributed by atoms with Gasteiger partial charge in [-0.1, -0.05) is 42.1 Å². The second kappa shape index (κ2) is 7.46. The molecule has 0 bridgehead atoms. The first-order valence-corrected chi connectivity index (χ1v) is 8.86. The van der Waals surface area contributed by atoms with Crippen LogP contribution in [0.3, 0.4) is 0 Å². The van der Waals surface area contributed by atoms with Crippen molar-refractivity contribution in [2.24, 2.45) is 4.99 Å². The minimum absolute atomic E-state index is 0.0203. The summed E-state index contributed by atoms with van der Waals surface area (Å²) in [5.41, 5.74) is 2.27. The molecule has 0 unspecified atom stereocenters. The highest BCUT2D eigenvalue weighted by Gasteiger charge is 2.22. The molecule has 0 spiro atoms. The Balaban J connectivity index is 1.70. The zero-order valence-corrected chi connectivity index (χ0v) is 14.0. The summed E-state index contributed by atoms with van der Waals surface area (Å²) in [4.78, 5) is 26.6. The molecule has 1 heterocycles. The number of aliphatic imine (C=N–C) groups is 1. The number of carbonyl (C=O) groups excluding carboxylic acids is 1. The van der Waals surface area contributed by atoms with Crippen LogP contribution in [-0.2, 0) is 10.5 Å². The fourth-order valence-corrected chi connectivity index (χ4v) is 3.82. The van der Waals surface area contributed by atoms with E-state index in [1.165, 1.54) is 29.5 Å². The number of thioether (sulfide) groups is 2. The van der Waals surface area contributed by atoms with E-state index in [1.54, 1.807) is 18.2 Å². The Hall–Kier alpha value is -2.38. The van der Waals surface area contributed by atoms with E-state index in [-0.39, 0.29) is 10.8 Å². The number of carbonyl (C=O) groups is 1. The van der Waals surface area contributed by atoms with E-state index in [2.05, 4.69) is 4.99 Å². The van der Waals surface area contributed by atoms with Crippen LogP contribution in [0.1, 0.15) is 11.1 Å². The zero-order valence-electron chi connectivity index (χ0n) is 12.4. The van der Waals surface area contributed by atoms with E-state index in [0.717, 1.165) is 21.9 Å². The van der Waals surface area contributed by atoms with Crippen LogP contribution in [0.15, 0.2) is 65.3 Å². The summed E-state index contributed by atoms with van der Waals surface area (Å²) in [6.45, 7) is 0. The van der Waals surface area contributed by atoms with Gasteiger partial charge in [0.2, 0.25) is 5.12 Å². The second-order valence-electron chi connectivity index (χ2n) is 4.92. The molecular formula is C17H12N2O3S2. The third kappa shape index (κ3) is 4.12. The predicted octanol–water partition coefficient (Wildman–Crippen LogP) is 4.50. The van der Waals surface area contributed by atoms with Gasteiger partial charge in [0, 0.05) is 17.9 Å². The van der Waals surface area contributed by atoms with Crippen LogP contribution in [0.2, 0.25) is 0 Å². The smallest absolute Gasteiger partial charge is 0.269 e. The molecule has 120 valence electrons. The highest BCUT2D eigenvalue weighted by atomic mass is 32.2. The van der Waals surface area contributed by atoms with E-state index in [1.807, 2.05) is 30.3 Å². The van der Waals surface area contributed by atoms with Gasteiger partial charge in [-0.25, -0.2) is 4.99 Å². The van der Waals surface area contributed by atoms with E-state index < -0.39 is 4.92 Å². The molecule has 0 aromatic heterocycles. The SMILES string of the molecule is O=C1SC(SCc2ccccc2)=N/C1=C\c1ccc([N+](=O)[O-])cc1. The molecule has 3 rings (SSSR count). The van der Waals surface area contributed by atoms with Crippen LogP contribution in [0.25, 0.3) is 6.08 Å². The molecule has 0 fully saturated rings. The van der Waals surface area contributed by atoms with Gasteiger partial charge in [0.05, 0.1) is 4.92 Å². The summed E-state index contributed by atoms with van der Waals surface area (Å²) in [5, 5.41) is 10.5. The lowest BCUT2D eigenvalue weighted by Crippen LogP contribution is -1.89. The molecule has 0 saturated carbocycles. The van der Waals surface area contributed by atoms with Crippen molar-refractivity contribution in [3.05, 3.63) is 81.5 Å². The summed E-state index contributed by atoms with van der Waals surface area (Å²) in [6.07, 6.45) is 1.65. The summed E-state index contributed by atoms with van der Waals surface area (Å²) in [7, 11) is 0. The second-order valence-corrected chi connectivity index (χ2v) is 7.10. The highest BCUT2D eigenvalue weighted by molar-refractivity contribution is 8.45. The van der Waals surface area contributed by atoms with Gasteiger partial charge in [-0.2, -0.15) is 0 Å². The van der Waals surface area contributed by atoms with Gasteiger partial charge in [-0.3, -0.25) is 14.9 Å². The van der Waals surface area contributed by atoms with Crippen molar-refractivity contribution in [3.8, 4) is 0 Å². The van der Waals surface area contributed by atoms with Gasteiger partial charge in [0.25, 0.3) is 5.69 Å². The lowest BCUT2D eigenvalue weighted by atomic mass is 10.2. The molecule has 0 N–H and O–H groups in total. The number of nitro benzene ring substituents is 1. The molecule has 0 aliphatic carbocycles. The maximum Gasteiger partial charge on any atom is 0.269 e. The number of hydrogen-bond acceptors (Lipinski definition) is 6. The van der Waals surface area contributed by atoms with E-state index in [0.29, 0.717) is 11.3 Å². The van der Waals surface area contributed by atoms with Gasteiger partial charge in [0.1, 0.15) is 10.1 Å². The summed E-state index contributed by atoms with van der Waals surface area (Å²) in [6, 6.07) is 16.0. The zero-order chi connectivity index (χ0) is 16.9. The van der Waals surface area contributed by atoms with Gasteiger partial charge >= 0.3 is 0 Å². The summed E-state index contributed by atoms with van der Waals surface area (Å²) < 4.78 is 0.719. The number of benzene rings is 2. The topological polar surface area (TPSA) is 72.6 Å². The minimum atomic E-state index is -0.454. The molecule has 1 aliphatic heterocycles. The summed E-state index contributed by atoms with van der Waals surface area (Å²) >= 11 is 2.64. The van der Waals surface area contributed by atoms with Crippen LogP contribution < -0.4 is 0 Å². The first kappa shape index (κ1) is 16.5. The largest absolute Gasteiger partial charge is 0.279 e. The fraction of sp³-hybridized carbons (Fsp3) is 0.0588. The number of nitrogens with zero attached hydrogens (tertiary/aromatic N) is 2. The predicted molar refractivity (Wildman–Crippen MR) is 98.8 cm³/mol. The summed E-state index contributed by atoms with van der Waals surface area (Å²) in [5.74, 6) is 0.755. The van der Waals surface area contributed by atoms with Crippen molar-refractivity contribution >= 4 is 44.8 Å². The Morgan fingerprint density at radius 3 is 2.50 bits per heavy atom. The van der Waals surface area contributed by atoms with E-state index in [9.17, 15) is 14.9 Å². The third-order valence-electron chi connectivity index (χ3n) is 3.21. The van der Waals surface area contributed by atoms with Gasteiger partial charge in [-0.05, 0) is 41.1 Å². The molecule has 2 aromatic carbocycles. The molecule has 0 atom stereocenters. The van der Waals surface area contributed by atoms with E-state index >= 15 is 0 Å². The van der Waals surface area contributed by atoms with Crippen LogP contribution in [0.5, 0.6) is 0 Å². The van der Waals surface area contributed by atoms with Gasteiger partial charge in [0.15, 0.2) is 0 Å². The number of rotatable bonds is 4. The Bertz CT molecular complexity index is 831. The Morgan fingerprint density at radius 2 is 1.83 bits per heavy atom. The van der Waals surface area contributed by atoms with Gasteiger partial charge in [-0.15, -0.1) is 0 Å². The molecule has 2 aromatic rings. The maximum absolute atomic E-state index is 12.0. The first-order chi connectivity index (χ1) is 11.6. The van der Waals surface area contributed by atoms with Crippen molar-refractivity contribution in [2.45, 2.75) is 5.75 Å². The lowest BCUT2D eigenvalue weighted by molar-refractivity contribution is -0.384. The van der Waals surface area contributed by atoms with Crippen molar-refractivity contribution in [1.29, 1.82) is 0 Å². The average Bonchev–Trinajstić information content (AvgIpc) is 2.94. The number of non-ortho nitro benzene ring substituents is 1. The van der Waals surface area contributed by atoms with Crippen LogP contribution in [-0.4, -0.2) is 14.4 Å². The average molecular weight is 356 g/mol. The maximum atomic E-state index is 12.0. The molecule has 24 heavy (non-hydrogen) atoms. The van der Waals surface area contributed by atoms with Crippen molar-refractivity contribution in [2.75, 3.05) is 0 Å². The standard InChI is InChI=1S/C17H12N2O3S2/c20-16-15(10-12-6-8-14(9-7-12)19(21)22)18-17(24-16)23-11-13-4-2-1-3-5-13/h1-10H,11H2/b15-10-. The molecule has 5 nitrogen and oxygen atoms in total. The number of nitro groups is 1. The van der Waals surface area contributed by atoms with E-state index in [4.69, 9.17) is 0 Å². The molecule has 7 heteroatoms. The van der Waals surface area contributed by atoms with Crippen molar-refractivity contribution in [1.82, 2.24) is 0 Å². The van der Waals surface area contributed by atoms with Crippen molar-refractivity contribution in [3.63, 3.8) is 0 Å². The normalized spacial score (nSPS) is 15.6. The number of hydrogen-bond donors (Lipinski definition) is 0. The fourth-order valence-electron chi connectivity index (χ4n) is 2.02. The molecule has 0 radical (unpaired) electrons. The third-order valence-corrected chi connectivity index (χ3v) is 5.29.